The van der Waals surface area contributed by atoms with E-state index in [1.54, 1.807) is 12.1 Å². The fraction of sp³-hybridized carbons (Fsp3) is 0.133. The first-order valence-corrected chi connectivity index (χ1v) is 6.50. The molecule has 2 N–H and O–H groups in total. The highest BCUT2D eigenvalue weighted by Crippen LogP contribution is 2.26. The van der Waals surface area contributed by atoms with Gasteiger partial charge in [0.2, 0.25) is 0 Å². The van der Waals surface area contributed by atoms with Crippen molar-refractivity contribution in [1.29, 1.82) is 0 Å². The highest BCUT2D eigenvalue weighted by molar-refractivity contribution is 6.31. The lowest BCUT2D eigenvalue weighted by Gasteiger charge is -2.11. The van der Waals surface area contributed by atoms with Crippen molar-refractivity contribution in [2.75, 3.05) is 11.9 Å². The predicted molar refractivity (Wildman–Crippen MR) is 79.3 cm³/mol. The predicted octanol–water partition coefficient (Wildman–Crippen LogP) is 4.18. The van der Waals surface area contributed by atoms with Crippen LogP contribution >= 0.6 is 11.6 Å². The van der Waals surface area contributed by atoms with Crippen LogP contribution in [0.1, 0.15) is 17.3 Å². The molecule has 104 valence electrons. The number of anilines is 2. The molecule has 2 aromatic rings. The third kappa shape index (κ3) is 3.42. The van der Waals surface area contributed by atoms with Crippen molar-refractivity contribution in [3.05, 3.63) is 53.1 Å². The Morgan fingerprint density at radius 2 is 1.95 bits per heavy atom. The lowest BCUT2D eigenvalue weighted by molar-refractivity contribution is 0.0698. The van der Waals surface area contributed by atoms with Crippen LogP contribution < -0.4 is 10.1 Å². The average molecular weight is 292 g/mol. The second kappa shape index (κ2) is 6.30. The minimum absolute atomic E-state index is 0.170. The maximum atomic E-state index is 11.2. The zero-order chi connectivity index (χ0) is 14.5. The van der Waals surface area contributed by atoms with E-state index in [9.17, 15) is 4.79 Å². The summed E-state index contributed by atoms with van der Waals surface area (Å²) in [7, 11) is 0. The van der Waals surface area contributed by atoms with Crippen molar-refractivity contribution in [2.24, 2.45) is 0 Å². The van der Waals surface area contributed by atoms with Gasteiger partial charge in [0, 0.05) is 10.7 Å². The third-order valence-electron chi connectivity index (χ3n) is 2.66. The summed E-state index contributed by atoms with van der Waals surface area (Å²) >= 11 is 5.90. The van der Waals surface area contributed by atoms with Gasteiger partial charge >= 0.3 is 5.97 Å². The molecule has 0 fully saturated rings. The van der Waals surface area contributed by atoms with Crippen molar-refractivity contribution in [3.8, 4) is 5.75 Å². The SMILES string of the molecule is CCOc1ccc(Nc2cc(Cl)ccc2C(=O)O)cc1. The highest BCUT2D eigenvalue weighted by atomic mass is 35.5. The molecule has 4 nitrogen and oxygen atoms in total. The Hall–Kier alpha value is -2.20. The maximum absolute atomic E-state index is 11.2. The summed E-state index contributed by atoms with van der Waals surface area (Å²) in [4.78, 5) is 11.2. The number of benzene rings is 2. The van der Waals surface area contributed by atoms with Gasteiger partial charge in [-0.1, -0.05) is 11.6 Å². The molecule has 2 rings (SSSR count). The Kier molecular flexibility index (Phi) is 4.48. The number of halogens is 1. The van der Waals surface area contributed by atoms with Gasteiger partial charge in [0.15, 0.2) is 0 Å². The van der Waals surface area contributed by atoms with Gasteiger partial charge in [-0.15, -0.1) is 0 Å². The number of hydrogen-bond donors (Lipinski definition) is 2. The van der Waals surface area contributed by atoms with Crippen LogP contribution in [0.4, 0.5) is 11.4 Å². The molecule has 0 saturated heterocycles. The Morgan fingerprint density at radius 1 is 1.25 bits per heavy atom. The lowest BCUT2D eigenvalue weighted by atomic mass is 10.1. The van der Waals surface area contributed by atoms with Gasteiger partial charge in [-0.05, 0) is 49.4 Å². The number of ether oxygens (including phenoxy) is 1. The van der Waals surface area contributed by atoms with Crippen LogP contribution in [0.25, 0.3) is 0 Å². The van der Waals surface area contributed by atoms with E-state index in [-0.39, 0.29) is 5.56 Å². The zero-order valence-corrected chi connectivity index (χ0v) is 11.6. The van der Waals surface area contributed by atoms with Crippen LogP contribution in [0.3, 0.4) is 0 Å². The summed E-state index contributed by atoms with van der Waals surface area (Å²) < 4.78 is 5.35. The fourth-order valence-corrected chi connectivity index (χ4v) is 1.94. The molecule has 0 atom stereocenters. The molecule has 0 radical (unpaired) electrons. The number of carbonyl (C=O) groups is 1. The zero-order valence-electron chi connectivity index (χ0n) is 10.9. The van der Waals surface area contributed by atoms with E-state index in [2.05, 4.69) is 5.32 Å². The second-order valence-electron chi connectivity index (χ2n) is 4.08. The molecule has 0 heterocycles. The van der Waals surface area contributed by atoms with Crippen molar-refractivity contribution >= 4 is 28.9 Å². The first kappa shape index (κ1) is 14.2. The monoisotopic (exact) mass is 291 g/mol. The Bertz CT molecular complexity index is 611. The van der Waals surface area contributed by atoms with Gasteiger partial charge in [0.05, 0.1) is 17.9 Å². The largest absolute Gasteiger partial charge is 0.494 e. The molecule has 2 aromatic carbocycles. The van der Waals surface area contributed by atoms with E-state index in [0.717, 1.165) is 11.4 Å². The molecular weight excluding hydrogens is 278 g/mol. The van der Waals surface area contributed by atoms with Gasteiger partial charge in [0.25, 0.3) is 0 Å². The fourth-order valence-electron chi connectivity index (χ4n) is 1.76. The van der Waals surface area contributed by atoms with Crippen molar-refractivity contribution in [3.63, 3.8) is 0 Å². The number of hydrogen-bond acceptors (Lipinski definition) is 3. The number of aromatic carboxylic acids is 1. The number of rotatable bonds is 5. The van der Waals surface area contributed by atoms with Crippen LogP contribution in [0.5, 0.6) is 5.75 Å². The van der Waals surface area contributed by atoms with E-state index < -0.39 is 5.97 Å². The molecule has 5 heteroatoms. The van der Waals surface area contributed by atoms with Gasteiger partial charge in [-0.3, -0.25) is 0 Å². The number of carboxylic acid groups (broad SMARTS) is 1. The summed E-state index contributed by atoms with van der Waals surface area (Å²) in [6.07, 6.45) is 0. The smallest absolute Gasteiger partial charge is 0.337 e. The highest BCUT2D eigenvalue weighted by Gasteiger charge is 2.10. The van der Waals surface area contributed by atoms with Gasteiger partial charge < -0.3 is 15.2 Å². The van der Waals surface area contributed by atoms with E-state index in [0.29, 0.717) is 17.3 Å². The molecule has 20 heavy (non-hydrogen) atoms. The van der Waals surface area contributed by atoms with Gasteiger partial charge in [-0.25, -0.2) is 4.79 Å². The minimum Gasteiger partial charge on any atom is -0.494 e. The molecule has 0 aliphatic rings. The van der Waals surface area contributed by atoms with Crippen molar-refractivity contribution < 1.29 is 14.6 Å². The molecular formula is C15H14ClNO3. The van der Waals surface area contributed by atoms with Crippen molar-refractivity contribution in [1.82, 2.24) is 0 Å². The van der Waals surface area contributed by atoms with E-state index in [4.69, 9.17) is 21.4 Å². The van der Waals surface area contributed by atoms with Crippen LogP contribution in [0, 0.1) is 0 Å². The summed E-state index contributed by atoms with van der Waals surface area (Å²) in [5.74, 6) is -0.238. The summed E-state index contributed by atoms with van der Waals surface area (Å²) in [5.41, 5.74) is 1.38. The average Bonchev–Trinajstić information content (AvgIpc) is 2.41. The normalized spacial score (nSPS) is 10.1. The quantitative estimate of drug-likeness (QED) is 0.867. The number of carboxylic acids is 1. The number of nitrogens with one attached hydrogen (secondary N) is 1. The van der Waals surface area contributed by atoms with E-state index in [1.165, 1.54) is 6.07 Å². The van der Waals surface area contributed by atoms with Crippen molar-refractivity contribution in [2.45, 2.75) is 6.92 Å². The second-order valence-corrected chi connectivity index (χ2v) is 4.51. The molecule has 0 bridgehead atoms. The summed E-state index contributed by atoms with van der Waals surface area (Å²) in [6, 6.07) is 11.9. The third-order valence-corrected chi connectivity index (χ3v) is 2.89. The topological polar surface area (TPSA) is 58.6 Å². The molecule has 0 saturated carbocycles. The van der Waals surface area contributed by atoms with Crippen LogP contribution in [-0.4, -0.2) is 17.7 Å². The Morgan fingerprint density at radius 3 is 2.55 bits per heavy atom. The Labute approximate surface area is 122 Å². The maximum Gasteiger partial charge on any atom is 0.337 e. The first-order chi connectivity index (χ1) is 9.60. The van der Waals surface area contributed by atoms with Crippen LogP contribution in [0.15, 0.2) is 42.5 Å². The molecule has 0 aliphatic carbocycles. The van der Waals surface area contributed by atoms with Crippen LogP contribution in [0.2, 0.25) is 5.02 Å². The Balaban J connectivity index is 2.25. The molecule has 0 aliphatic heterocycles. The first-order valence-electron chi connectivity index (χ1n) is 6.13. The molecule has 0 spiro atoms. The standard InChI is InChI=1S/C15H14ClNO3/c1-2-20-12-6-4-11(5-7-12)17-14-9-10(16)3-8-13(14)15(18)19/h3-9,17H,2H2,1H3,(H,18,19). The van der Waals surface area contributed by atoms with Gasteiger partial charge in [0.1, 0.15) is 5.75 Å². The van der Waals surface area contributed by atoms with E-state index in [1.807, 2.05) is 31.2 Å². The summed E-state index contributed by atoms with van der Waals surface area (Å²) in [6.45, 7) is 2.52. The molecule has 0 amide bonds. The van der Waals surface area contributed by atoms with E-state index >= 15 is 0 Å². The summed E-state index contributed by atoms with van der Waals surface area (Å²) in [5, 5.41) is 12.7. The van der Waals surface area contributed by atoms with Crippen LogP contribution in [-0.2, 0) is 0 Å². The van der Waals surface area contributed by atoms with Gasteiger partial charge in [-0.2, -0.15) is 0 Å². The lowest BCUT2D eigenvalue weighted by Crippen LogP contribution is -2.02. The molecule has 0 aromatic heterocycles. The minimum atomic E-state index is -1.00. The molecule has 0 unspecified atom stereocenters.